The first-order valence-electron chi connectivity index (χ1n) is 10.4. The highest BCUT2D eigenvalue weighted by Gasteiger charge is 2.33. The van der Waals surface area contributed by atoms with Gasteiger partial charge in [0.15, 0.2) is 11.2 Å². The Labute approximate surface area is 172 Å². The van der Waals surface area contributed by atoms with Crippen LogP contribution in [0.1, 0.15) is 49.4 Å². The van der Waals surface area contributed by atoms with Gasteiger partial charge in [0.1, 0.15) is 11.6 Å². The molecule has 2 aromatic heterocycles. The number of amides is 1. The predicted octanol–water partition coefficient (Wildman–Crippen LogP) is 2.21. The number of piperidine rings is 1. The molecule has 3 heterocycles. The van der Waals surface area contributed by atoms with Gasteiger partial charge in [0.25, 0.3) is 5.56 Å². The van der Waals surface area contributed by atoms with Gasteiger partial charge in [-0.05, 0) is 43.4 Å². The molecule has 1 aliphatic carbocycles. The van der Waals surface area contributed by atoms with E-state index < -0.39 is 0 Å². The van der Waals surface area contributed by atoms with Crippen molar-refractivity contribution in [2.24, 2.45) is 5.92 Å². The summed E-state index contributed by atoms with van der Waals surface area (Å²) in [6, 6.07) is 6.11. The van der Waals surface area contributed by atoms with Gasteiger partial charge >= 0.3 is 0 Å². The Morgan fingerprint density at radius 3 is 2.70 bits per heavy atom. The van der Waals surface area contributed by atoms with Crippen molar-refractivity contribution in [3.8, 4) is 0 Å². The Balaban J connectivity index is 1.42. The lowest BCUT2D eigenvalue weighted by molar-refractivity contribution is -0.139. The number of hydrogen-bond acceptors (Lipinski definition) is 5. The third-order valence-electron chi connectivity index (χ3n) is 6.21. The number of rotatable bonds is 4. The van der Waals surface area contributed by atoms with Gasteiger partial charge in [-0.3, -0.25) is 9.59 Å². The fourth-order valence-corrected chi connectivity index (χ4v) is 4.26. The first-order chi connectivity index (χ1) is 14.6. The van der Waals surface area contributed by atoms with E-state index in [0.717, 1.165) is 44.2 Å². The molecule has 3 aromatic rings. The van der Waals surface area contributed by atoms with Crippen LogP contribution in [0.3, 0.4) is 0 Å². The quantitative estimate of drug-likeness (QED) is 0.711. The van der Waals surface area contributed by atoms with Gasteiger partial charge in [0, 0.05) is 24.9 Å². The SMILES string of the molecule is O=C(C1CCC1)N1CCCC(c2nc3c(nnn3Cc3ccc(F)cc3)c(=O)[nH]2)C1. The molecule has 9 heteroatoms. The summed E-state index contributed by atoms with van der Waals surface area (Å²) < 4.78 is 14.7. The van der Waals surface area contributed by atoms with Crippen LogP contribution in [-0.2, 0) is 11.3 Å². The number of nitrogens with one attached hydrogen (secondary N) is 1. The standard InChI is InChI=1S/C21H23FN6O2/c22-16-8-6-13(7-9-16)11-28-19-17(25-26-28)20(29)24-18(23-19)15-5-2-10-27(12-15)21(30)14-3-1-4-14/h6-9,14-15H,1-5,10-12H2,(H,23,24,29). The van der Waals surface area contributed by atoms with Crippen molar-refractivity contribution >= 4 is 17.1 Å². The number of fused-ring (bicyclic) bond motifs is 1. The minimum atomic E-state index is -0.331. The molecule has 1 saturated heterocycles. The number of H-pyrrole nitrogens is 1. The van der Waals surface area contributed by atoms with Crippen molar-refractivity contribution in [2.45, 2.75) is 44.6 Å². The lowest BCUT2D eigenvalue weighted by atomic mass is 9.83. The van der Waals surface area contributed by atoms with E-state index in [1.807, 2.05) is 4.90 Å². The van der Waals surface area contributed by atoms with Crippen LogP contribution in [0.4, 0.5) is 4.39 Å². The zero-order valence-corrected chi connectivity index (χ0v) is 16.6. The number of likely N-dealkylation sites (tertiary alicyclic amines) is 1. The third kappa shape index (κ3) is 3.48. The van der Waals surface area contributed by atoms with E-state index in [4.69, 9.17) is 0 Å². The minimum Gasteiger partial charge on any atom is -0.342 e. The van der Waals surface area contributed by atoms with Crippen molar-refractivity contribution in [3.05, 3.63) is 51.8 Å². The van der Waals surface area contributed by atoms with E-state index in [9.17, 15) is 14.0 Å². The van der Waals surface area contributed by atoms with Crippen LogP contribution in [0.15, 0.2) is 29.1 Å². The third-order valence-corrected chi connectivity index (χ3v) is 6.21. The number of carbonyl (C=O) groups excluding carboxylic acids is 1. The Kier molecular flexibility index (Phi) is 4.80. The van der Waals surface area contributed by atoms with Gasteiger partial charge in [0.2, 0.25) is 5.91 Å². The Morgan fingerprint density at radius 2 is 1.97 bits per heavy atom. The summed E-state index contributed by atoms with van der Waals surface area (Å²) in [7, 11) is 0. The van der Waals surface area contributed by atoms with Gasteiger partial charge in [-0.1, -0.05) is 23.8 Å². The maximum absolute atomic E-state index is 13.2. The summed E-state index contributed by atoms with van der Waals surface area (Å²) in [5.41, 5.74) is 1.09. The number of aromatic amines is 1. The van der Waals surface area contributed by atoms with Gasteiger partial charge < -0.3 is 9.88 Å². The smallest absolute Gasteiger partial charge is 0.281 e. The molecule has 0 bridgehead atoms. The average Bonchev–Trinajstić information content (AvgIpc) is 3.12. The fourth-order valence-electron chi connectivity index (χ4n) is 4.26. The van der Waals surface area contributed by atoms with Crippen LogP contribution in [0.25, 0.3) is 11.2 Å². The summed E-state index contributed by atoms with van der Waals surface area (Å²) >= 11 is 0. The van der Waals surface area contributed by atoms with Crippen LogP contribution >= 0.6 is 0 Å². The van der Waals surface area contributed by atoms with E-state index in [0.29, 0.717) is 24.6 Å². The molecule has 0 spiro atoms. The lowest BCUT2D eigenvalue weighted by Crippen LogP contribution is -2.44. The number of nitrogens with zero attached hydrogens (tertiary/aromatic N) is 5. The second kappa shape index (κ2) is 7.62. The second-order valence-electron chi connectivity index (χ2n) is 8.25. The number of hydrogen-bond donors (Lipinski definition) is 1. The van der Waals surface area contributed by atoms with Crippen molar-refractivity contribution < 1.29 is 9.18 Å². The van der Waals surface area contributed by atoms with E-state index in [1.165, 1.54) is 12.1 Å². The molecular formula is C21H23FN6O2. The van der Waals surface area contributed by atoms with Crippen molar-refractivity contribution in [3.63, 3.8) is 0 Å². The molecule has 0 radical (unpaired) electrons. The summed E-state index contributed by atoms with van der Waals surface area (Å²) in [6.45, 7) is 1.68. The predicted molar refractivity (Wildman–Crippen MR) is 107 cm³/mol. The van der Waals surface area contributed by atoms with Crippen molar-refractivity contribution in [1.82, 2.24) is 29.9 Å². The molecule has 8 nitrogen and oxygen atoms in total. The van der Waals surface area contributed by atoms with Crippen LogP contribution in [-0.4, -0.2) is 48.9 Å². The summed E-state index contributed by atoms with van der Waals surface area (Å²) in [4.78, 5) is 34.7. The highest BCUT2D eigenvalue weighted by atomic mass is 19.1. The first-order valence-corrected chi connectivity index (χ1v) is 10.4. The lowest BCUT2D eigenvalue weighted by Gasteiger charge is -2.36. The number of carbonyl (C=O) groups is 1. The molecule has 2 fully saturated rings. The van der Waals surface area contributed by atoms with E-state index >= 15 is 0 Å². The van der Waals surface area contributed by atoms with Crippen LogP contribution in [0.5, 0.6) is 0 Å². The fraction of sp³-hybridized carbons (Fsp3) is 0.476. The van der Waals surface area contributed by atoms with Gasteiger partial charge in [-0.25, -0.2) is 14.1 Å². The monoisotopic (exact) mass is 410 g/mol. The topological polar surface area (TPSA) is 96.8 Å². The first kappa shape index (κ1) is 18.9. The maximum Gasteiger partial charge on any atom is 0.281 e. The number of halogens is 1. The average molecular weight is 410 g/mol. The molecular weight excluding hydrogens is 387 g/mol. The highest BCUT2D eigenvalue weighted by Crippen LogP contribution is 2.31. The second-order valence-corrected chi connectivity index (χ2v) is 8.25. The Morgan fingerprint density at radius 1 is 1.17 bits per heavy atom. The number of aromatic nitrogens is 5. The molecule has 1 amide bonds. The maximum atomic E-state index is 13.2. The van der Waals surface area contributed by atoms with E-state index in [2.05, 4.69) is 20.3 Å². The van der Waals surface area contributed by atoms with Crippen LogP contribution in [0.2, 0.25) is 0 Å². The van der Waals surface area contributed by atoms with E-state index in [1.54, 1.807) is 16.8 Å². The van der Waals surface area contributed by atoms with Gasteiger partial charge in [0.05, 0.1) is 6.54 Å². The van der Waals surface area contributed by atoms with Crippen molar-refractivity contribution in [1.29, 1.82) is 0 Å². The molecule has 1 N–H and O–H groups in total. The zero-order chi connectivity index (χ0) is 20.7. The molecule has 1 aliphatic heterocycles. The normalized spacial score (nSPS) is 19.8. The molecule has 30 heavy (non-hydrogen) atoms. The summed E-state index contributed by atoms with van der Waals surface area (Å²) in [6.07, 6.45) is 4.84. The summed E-state index contributed by atoms with van der Waals surface area (Å²) in [5, 5.41) is 8.04. The number of benzene rings is 1. The molecule has 1 saturated carbocycles. The van der Waals surface area contributed by atoms with Crippen LogP contribution in [0, 0.1) is 11.7 Å². The Hall–Kier alpha value is -3.10. The van der Waals surface area contributed by atoms with Gasteiger partial charge in [-0.15, -0.1) is 5.10 Å². The van der Waals surface area contributed by atoms with Crippen LogP contribution < -0.4 is 5.56 Å². The molecule has 1 aromatic carbocycles. The molecule has 1 unspecified atom stereocenters. The highest BCUT2D eigenvalue weighted by molar-refractivity contribution is 5.79. The van der Waals surface area contributed by atoms with E-state index in [-0.39, 0.29) is 34.6 Å². The molecule has 5 rings (SSSR count). The molecule has 1 atom stereocenters. The molecule has 2 aliphatic rings. The molecule has 156 valence electrons. The van der Waals surface area contributed by atoms with Gasteiger partial charge in [-0.2, -0.15) is 0 Å². The minimum absolute atomic E-state index is 0.0194. The zero-order valence-electron chi connectivity index (χ0n) is 16.6. The largest absolute Gasteiger partial charge is 0.342 e. The van der Waals surface area contributed by atoms with Crippen molar-refractivity contribution in [2.75, 3.05) is 13.1 Å². The Bertz CT molecular complexity index is 1130. The summed E-state index contributed by atoms with van der Waals surface area (Å²) in [5.74, 6) is 0.643.